The summed E-state index contributed by atoms with van der Waals surface area (Å²) in [7, 11) is 4.95. The summed E-state index contributed by atoms with van der Waals surface area (Å²) in [4.78, 5) is 14.9. The van der Waals surface area contributed by atoms with Crippen LogP contribution in [-0.2, 0) is 4.74 Å². The van der Waals surface area contributed by atoms with E-state index in [1.165, 1.54) is 5.01 Å². The second-order valence-electron chi connectivity index (χ2n) is 7.92. The minimum Gasteiger partial charge on any atom is -0.501 e. The Kier molecular flexibility index (Phi) is 9.36. The van der Waals surface area contributed by atoms with Gasteiger partial charge in [-0.2, -0.15) is 0 Å². The van der Waals surface area contributed by atoms with Crippen molar-refractivity contribution in [1.82, 2.24) is 10.4 Å². The molecule has 0 aliphatic carbocycles. The van der Waals surface area contributed by atoms with Gasteiger partial charge in [0.05, 0.1) is 26.1 Å². The molecule has 8 heteroatoms. The summed E-state index contributed by atoms with van der Waals surface area (Å²) >= 11 is 1.59. The zero-order valence-electron chi connectivity index (χ0n) is 20.3. The molecular weight excluding hydrogens is 460 g/mol. The summed E-state index contributed by atoms with van der Waals surface area (Å²) in [5.41, 5.74) is 4.75. The lowest BCUT2D eigenvalue weighted by Crippen LogP contribution is -2.50. The number of allylic oxidation sites excluding steroid dienone is 5. The number of benzene rings is 2. The lowest BCUT2D eigenvalue weighted by atomic mass is 9.96. The topological polar surface area (TPSA) is 103 Å². The van der Waals surface area contributed by atoms with Gasteiger partial charge in [0.25, 0.3) is 0 Å². The number of Topliss-reactive ketones (excluding diaryl/α,β-unsaturated/α-hetero) is 1. The first-order chi connectivity index (χ1) is 16.9. The first kappa shape index (κ1) is 26.3. The third-order valence-electron chi connectivity index (χ3n) is 5.66. The highest BCUT2D eigenvalue weighted by Gasteiger charge is 2.23. The van der Waals surface area contributed by atoms with E-state index < -0.39 is 0 Å². The third-order valence-corrected chi connectivity index (χ3v) is 6.88. The van der Waals surface area contributed by atoms with E-state index in [0.717, 1.165) is 26.3 Å². The van der Waals surface area contributed by atoms with E-state index in [9.17, 15) is 4.79 Å². The van der Waals surface area contributed by atoms with Crippen molar-refractivity contribution in [1.29, 1.82) is 0 Å². The number of rotatable bonds is 12. The Morgan fingerprint density at radius 3 is 2.51 bits per heavy atom. The number of methoxy groups -OCH3 is 2. The summed E-state index contributed by atoms with van der Waals surface area (Å²) in [6, 6.07) is 15.7. The molecule has 3 rings (SSSR count). The Morgan fingerprint density at radius 2 is 1.91 bits per heavy atom. The normalized spacial score (nSPS) is 13.2. The van der Waals surface area contributed by atoms with E-state index in [1.54, 1.807) is 50.8 Å². The number of ketones is 1. The van der Waals surface area contributed by atoms with E-state index in [0.29, 0.717) is 29.7 Å². The summed E-state index contributed by atoms with van der Waals surface area (Å²) in [5, 5.41) is 2.41. The highest BCUT2D eigenvalue weighted by Crippen LogP contribution is 2.40. The Bertz CT molecular complexity index is 1230. The van der Waals surface area contributed by atoms with Crippen molar-refractivity contribution in [3.8, 4) is 16.2 Å². The molecule has 0 saturated carbocycles. The molecule has 1 aromatic heterocycles. The first-order valence-electron chi connectivity index (χ1n) is 11.1. The van der Waals surface area contributed by atoms with Crippen molar-refractivity contribution in [2.75, 3.05) is 21.3 Å². The van der Waals surface area contributed by atoms with Gasteiger partial charge in [0, 0.05) is 39.6 Å². The quantitative estimate of drug-likeness (QED) is 0.0636. The van der Waals surface area contributed by atoms with Crippen LogP contribution >= 0.6 is 11.3 Å². The molecule has 1 unspecified atom stereocenters. The van der Waals surface area contributed by atoms with Gasteiger partial charge in [0.1, 0.15) is 5.75 Å². The molecule has 5 N–H and O–H groups in total. The number of nitrogens with zero attached hydrogens (tertiary/aromatic N) is 1. The summed E-state index contributed by atoms with van der Waals surface area (Å²) in [5.74, 6) is 12.7. The average molecular weight is 493 g/mol. The van der Waals surface area contributed by atoms with Gasteiger partial charge < -0.3 is 9.47 Å². The lowest BCUT2D eigenvalue weighted by molar-refractivity contribution is 0.103. The summed E-state index contributed by atoms with van der Waals surface area (Å²) in [6.07, 6.45) is 5.97. The van der Waals surface area contributed by atoms with Crippen molar-refractivity contribution < 1.29 is 14.3 Å². The number of nitrogens with one attached hydrogen (secondary N) is 1. The molecular formula is C27H32N4O3S. The number of fused-ring (bicyclic) bond motifs is 1. The maximum absolute atomic E-state index is 14.0. The number of carbonyl (C=O) groups excluding carboxylic acids is 1. The van der Waals surface area contributed by atoms with Crippen LogP contribution in [0.5, 0.6) is 5.75 Å². The van der Waals surface area contributed by atoms with Crippen molar-refractivity contribution in [3.63, 3.8) is 0 Å². The second-order valence-corrected chi connectivity index (χ2v) is 8.97. The fraction of sp³-hybridized carbons (Fsp3) is 0.222. The minimum atomic E-state index is -0.237. The van der Waals surface area contributed by atoms with Crippen LogP contribution in [0.15, 0.2) is 84.7 Å². The van der Waals surface area contributed by atoms with Gasteiger partial charge in [-0.25, -0.2) is 10.4 Å². The zero-order chi connectivity index (χ0) is 25.4. The number of thiophene rings is 1. The van der Waals surface area contributed by atoms with E-state index in [-0.39, 0.29) is 11.9 Å². The lowest BCUT2D eigenvalue weighted by Gasteiger charge is -2.23. The van der Waals surface area contributed by atoms with Crippen LogP contribution in [0.4, 0.5) is 0 Å². The fourth-order valence-corrected chi connectivity index (χ4v) is 4.97. The molecule has 0 fully saturated rings. The van der Waals surface area contributed by atoms with Crippen LogP contribution in [0.3, 0.4) is 0 Å². The number of carbonyl (C=O) groups is 1. The number of hydrogen-bond acceptors (Lipinski definition) is 8. The highest BCUT2D eigenvalue weighted by molar-refractivity contribution is 7.22. The van der Waals surface area contributed by atoms with Crippen LogP contribution in [0, 0.1) is 0 Å². The van der Waals surface area contributed by atoms with Gasteiger partial charge in [0.15, 0.2) is 5.78 Å². The van der Waals surface area contributed by atoms with Crippen LogP contribution in [0.1, 0.15) is 23.2 Å². The average Bonchev–Trinajstić information content (AvgIpc) is 3.26. The molecule has 0 aliphatic rings. The number of ether oxygens (including phenoxy) is 2. The molecule has 3 aromatic rings. The Morgan fingerprint density at radius 1 is 1.20 bits per heavy atom. The van der Waals surface area contributed by atoms with E-state index in [2.05, 4.69) is 12.0 Å². The minimum absolute atomic E-state index is 0.104. The van der Waals surface area contributed by atoms with Crippen LogP contribution in [-0.4, -0.2) is 38.2 Å². The van der Waals surface area contributed by atoms with Gasteiger partial charge in [-0.1, -0.05) is 36.9 Å². The van der Waals surface area contributed by atoms with Gasteiger partial charge in [-0.15, -0.1) is 11.3 Å². The molecule has 0 aliphatic heterocycles. The van der Waals surface area contributed by atoms with Crippen LogP contribution < -0.4 is 21.8 Å². The standard InChI is InChI=1S/C27H32N4O3S/c1-5-8-19(17-21(34-4)15-16-24(30-28)31(2)29)26(32)25-22-9-6-7-10-23(22)35-27(25)18-11-13-20(33-3)14-12-18/h5-14,17,24,30H,1,15-16,28-29H2,2-4H3/b19-8+,21-17+. The molecule has 0 amide bonds. The molecule has 1 heterocycles. The predicted octanol–water partition coefficient (Wildman–Crippen LogP) is 4.78. The maximum atomic E-state index is 14.0. The molecule has 0 spiro atoms. The Labute approximate surface area is 210 Å². The number of nitrogens with two attached hydrogens (primary N) is 2. The molecule has 35 heavy (non-hydrogen) atoms. The SMILES string of the molecule is C=C/C=C(\C=C(/CCC(NN)N(C)N)OC)C(=O)c1c(-c2ccc(OC)cc2)sc2ccccc12. The molecule has 7 nitrogen and oxygen atoms in total. The van der Waals surface area contributed by atoms with Crippen molar-refractivity contribution in [2.24, 2.45) is 11.7 Å². The summed E-state index contributed by atoms with van der Waals surface area (Å²) in [6.45, 7) is 3.81. The number of hydrogen-bond donors (Lipinski definition) is 3. The molecule has 2 aromatic carbocycles. The van der Waals surface area contributed by atoms with Crippen molar-refractivity contribution in [2.45, 2.75) is 19.0 Å². The number of hydrazine groups is 2. The third kappa shape index (κ3) is 6.25. The van der Waals surface area contributed by atoms with E-state index in [4.69, 9.17) is 21.2 Å². The monoisotopic (exact) mass is 492 g/mol. The Hall–Kier alpha value is -3.27. The van der Waals surface area contributed by atoms with Crippen LogP contribution in [0.25, 0.3) is 20.5 Å². The Balaban J connectivity index is 2.05. The van der Waals surface area contributed by atoms with E-state index >= 15 is 0 Å². The molecule has 0 bridgehead atoms. The summed E-state index contributed by atoms with van der Waals surface area (Å²) < 4.78 is 11.9. The molecule has 0 radical (unpaired) electrons. The van der Waals surface area contributed by atoms with Gasteiger partial charge in [-0.05, 0) is 48.4 Å². The smallest absolute Gasteiger partial charge is 0.195 e. The predicted molar refractivity (Wildman–Crippen MR) is 144 cm³/mol. The van der Waals surface area contributed by atoms with Crippen molar-refractivity contribution >= 4 is 27.2 Å². The molecule has 184 valence electrons. The maximum Gasteiger partial charge on any atom is 0.195 e. The van der Waals surface area contributed by atoms with Gasteiger partial charge in [-0.3, -0.25) is 16.5 Å². The van der Waals surface area contributed by atoms with Gasteiger partial charge in [0.2, 0.25) is 0 Å². The van der Waals surface area contributed by atoms with Crippen molar-refractivity contribution in [3.05, 3.63) is 90.2 Å². The fourth-order valence-electron chi connectivity index (χ4n) is 3.77. The largest absolute Gasteiger partial charge is 0.501 e. The van der Waals surface area contributed by atoms with Gasteiger partial charge >= 0.3 is 0 Å². The molecule has 1 atom stereocenters. The molecule has 0 saturated heterocycles. The van der Waals surface area contributed by atoms with Crippen LogP contribution in [0.2, 0.25) is 0 Å². The zero-order valence-corrected chi connectivity index (χ0v) is 21.1. The second kappa shape index (κ2) is 12.4. The highest BCUT2D eigenvalue weighted by atomic mass is 32.1. The van der Waals surface area contributed by atoms with E-state index in [1.807, 2.05) is 48.5 Å². The first-order valence-corrected chi connectivity index (χ1v) is 12.0.